The van der Waals surface area contributed by atoms with Crippen LogP contribution >= 0.6 is 0 Å². The molecule has 0 radical (unpaired) electrons. The summed E-state index contributed by atoms with van der Waals surface area (Å²) in [5, 5.41) is 0. The molecular weight excluding hydrogens is 286 g/mol. The number of hydrogen-bond donors (Lipinski definition) is 0. The third-order valence-corrected chi connectivity index (χ3v) is 4.75. The van der Waals surface area contributed by atoms with E-state index in [1.165, 1.54) is 11.1 Å². The van der Waals surface area contributed by atoms with E-state index in [1.54, 1.807) is 0 Å². The summed E-state index contributed by atoms with van der Waals surface area (Å²) in [7, 11) is 2.19. The maximum atomic E-state index is 6.13. The SMILES string of the molecule is CN1C2C=C(c3ccccc3Oc3ccccc3)CC1COC2. The highest BCUT2D eigenvalue weighted by Gasteiger charge is 2.32. The van der Waals surface area contributed by atoms with Gasteiger partial charge in [-0.2, -0.15) is 0 Å². The molecule has 0 spiro atoms. The van der Waals surface area contributed by atoms with Crippen molar-refractivity contribution in [1.29, 1.82) is 0 Å². The molecule has 0 amide bonds. The topological polar surface area (TPSA) is 21.7 Å². The van der Waals surface area contributed by atoms with E-state index >= 15 is 0 Å². The van der Waals surface area contributed by atoms with Crippen molar-refractivity contribution in [3.05, 3.63) is 66.2 Å². The molecule has 4 rings (SSSR count). The van der Waals surface area contributed by atoms with Gasteiger partial charge in [0, 0.05) is 11.6 Å². The Morgan fingerprint density at radius 1 is 1.00 bits per heavy atom. The molecule has 1 fully saturated rings. The van der Waals surface area contributed by atoms with Crippen LogP contribution in [0.1, 0.15) is 12.0 Å². The summed E-state index contributed by atoms with van der Waals surface area (Å²) in [6.07, 6.45) is 3.34. The van der Waals surface area contributed by atoms with Crippen molar-refractivity contribution in [1.82, 2.24) is 4.90 Å². The minimum absolute atomic E-state index is 0.363. The summed E-state index contributed by atoms with van der Waals surface area (Å²) in [6, 6.07) is 19.1. The van der Waals surface area contributed by atoms with Crippen molar-refractivity contribution >= 4 is 5.57 Å². The molecule has 0 N–H and O–H groups in total. The largest absolute Gasteiger partial charge is 0.457 e. The fourth-order valence-electron chi connectivity index (χ4n) is 3.39. The average molecular weight is 307 g/mol. The van der Waals surface area contributed by atoms with E-state index in [0.29, 0.717) is 12.1 Å². The lowest BCUT2D eigenvalue weighted by atomic mass is 9.90. The van der Waals surface area contributed by atoms with Crippen LogP contribution in [0, 0.1) is 0 Å². The van der Waals surface area contributed by atoms with Crippen molar-refractivity contribution in [2.45, 2.75) is 18.5 Å². The smallest absolute Gasteiger partial charge is 0.134 e. The monoisotopic (exact) mass is 307 g/mol. The van der Waals surface area contributed by atoms with Crippen LogP contribution in [-0.4, -0.2) is 37.2 Å². The van der Waals surface area contributed by atoms with Crippen molar-refractivity contribution < 1.29 is 9.47 Å². The zero-order valence-electron chi connectivity index (χ0n) is 13.3. The molecule has 0 aliphatic carbocycles. The van der Waals surface area contributed by atoms with Crippen LogP contribution in [-0.2, 0) is 4.74 Å². The van der Waals surface area contributed by atoms with Gasteiger partial charge >= 0.3 is 0 Å². The van der Waals surface area contributed by atoms with Crippen LogP contribution in [0.4, 0.5) is 0 Å². The normalized spacial score (nSPS) is 24.1. The van der Waals surface area contributed by atoms with Gasteiger partial charge in [0.1, 0.15) is 11.5 Å². The maximum Gasteiger partial charge on any atom is 0.134 e. The fraction of sp³-hybridized carbons (Fsp3) is 0.300. The van der Waals surface area contributed by atoms with Crippen molar-refractivity contribution in [3.8, 4) is 11.5 Å². The summed E-state index contributed by atoms with van der Waals surface area (Å²) in [5.41, 5.74) is 2.56. The van der Waals surface area contributed by atoms with E-state index in [9.17, 15) is 0 Å². The first-order valence-corrected chi connectivity index (χ1v) is 8.14. The maximum absolute atomic E-state index is 6.13. The number of benzene rings is 2. The summed E-state index contributed by atoms with van der Waals surface area (Å²) < 4.78 is 11.8. The Morgan fingerprint density at radius 2 is 1.78 bits per heavy atom. The first-order chi connectivity index (χ1) is 11.3. The molecule has 3 nitrogen and oxygen atoms in total. The molecule has 2 aliphatic heterocycles. The van der Waals surface area contributed by atoms with Crippen LogP contribution in [0.2, 0.25) is 0 Å². The molecule has 2 unspecified atom stereocenters. The molecule has 2 aliphatic rings. The molecular formula is C20H21NO2. The fourth-order valence-corrected chi connectivity index (χ4v) is 3.39. The van der Waals surface area contributed by atoms with E-state index in [-0.39, 0.29) is 0 Å². The Balaban J connectivity index is 1.67. The zero-order chi connectivity index (χ0) is 15.6. The van der Waals surface area contributed by atoms with Crippen LogP contribution < -0.4 is 4.74 Å². The molecule has 0 saturated carbocycles. The van der Waals surface area contributed by atoms with E-state index < -0.39 is 0 Å². The Kier molecular flexibility index (Phi) is 3.90. The van der Waals surface area contributed by atoms with E-state index in [2.05, 4.69) is 30.2 Å². The van der Waals surface area contributed by atoms with E-state index in [0.717, 1.165) is 31.1 Å². The lowest BCUT2D eigenvalue weighted by Crippen LogP contribution is -2.51. The van der Waals surface area contributed by atoms with Crippen LogP contribution in [0.5, 0.6) is 11.5 Å². The Hall–Kier alpha value is -2.10. The van der Waals surface area contributed by atoms with Crippen molar-refractivity contribution in [2.24, 2.45) is 0 Å². The summed E-state index contributed by atoms with van der Waals surface area (Å²) >= 11 is 0. The number of hydrogen-bond acceptors (Lipinski definition) is 3. The summed E-state index contributed by atoms with van der Waals surface area (Å²) in [6.45, 7) is 1.59. The first kappa shape index (κ1) is 14.5. The standard InChI is InChI=1S/C20H21NO2/c1-21-16-11-15(12-17(21)14-22-13-16)19-9-5-6-10-20(19)23-18-7-3-2-4-8-18/h2-11,16-17H,12-14H2,1H3. The highest BCUT2D eigenvalue weighted by Crippen LogP contribution is 2.37. The van der Waals surface area contributed by atoms with Crippen LogP contribution in [0.15, 0.2) is 60.7 Å². The van der Waals surface area contributed by atoms with Gasteiger partial charge in [0.05, 0.1) is 19.3 Å². The summed E-state index contributed by atoms with van der Waals surface area (Å²) in [5.74, 6) is 1.80. The quantitative estimate of drug-likeness (QED) is 0.856. The first-order valence-electron chi connectivity index (χ1n) is 8.14. The van der Waals surface area contributed by atoms with Gasteiger partial charge in [0.15, 0.2) is 0 Å². The van der Waals surface area contributed by atoms with Crippen molar-refractivity contribution in [3.63, 3.8) is 0 Å². The zero-order valence-corrected chi connectivity index (χ0v) is 13.3. The molecule has 2 atom stereocenters. The third kappa shape index (κ3) is 2.90. The second-order valence-corrected chi connectivity index (χ2v) is 6.23. The lowest BCUT2D eigenvalue weighted by molar-refractivity contribution is -0.0221. The predicted molar refractivity (Wildman–Crippen MR) is 91.7 cm³/mol. The second-order valence-electron chi connectivity index (χ2n) is 6.23. The molecule has 2 bridgehead atoms. The molecule has 118 valence electrons. The minimum atomic E-state index is 0.363. The number of ether oxygens (including phenoxy) is 2. The number of morpholine rings is 1. The second kappa shape index (κ2) is 6.19. The third-order valence-electron chi connectivity index (χ3n) is 4.75. The van der Waals surface area contributed by atoms with E-state index in [1.807, 2.05) is 42.5 Å². The number of nitrogens with zero attached hydrogens (tertiary/aromatic N) is 1. The van der Waals surface area contributed by atoms with Crippen LogP contribution in [0.25, 0.3) is 5.57 Å². The summed E-state index contributed by atoms with van der Waals surface area (Å²) in [4.78, 5) is 2.42. The van der Waals surface area contributed by atoms with E-state index in [4.69, 9.17) is 9.47 Å². The average Bonchev–Trinajstić information content (AvgIpc) is 2.56. The molecule has 2 aromatic carbocycles. The van der Waals surface area contributed by atoms with Gasteiger partial charge in [-0.25, -0.2) is 0 Å². The van der Waals surface area contributed by atoms with Gasteiger partial charge in [0.2, 0.25) is 0 Å². The van der Waals surface area contributed by atoms with Gasteiger partial charge in [-0.3, -0.25) is 4.90 Å². The molecule has 1 saturated heterocycles. The Labute approximate surface area is 137 Å². The van der Waals surface area contributed by atoms with Gasteiger partial charge in [-0.15, -0.1) is 0 Å². The van der Waals surface area contributed by atoms with Gasteiger partial charge in [0.25, 0.3) is 0 Å². The molecule has 3 heteroatoms. The highest BCUT2D eigenvalue weighted by atomic mass is 16.5. The highest BCUT2D eigenvalue weighted by molar-refractivity contribution is 5.72. The number of fused-ring (bicyclic) bond motifs is 2. The van der Waals surface area contributed by atoms with Gasteiger partial charge in [-0.05, 0) is 37.2 Å². The number of para-hydroxylation sites is 2. The lowest BCUT2D eigenvalue weighted by Gasteiger charge is -2.42. The van der Waals surface area contributed by atoms with Gasteiger partial charge < -0.3 is 9.47 Å². The molecule has 23 heavy (non-hydrogen) atoms. The number of likely N-dealkylation sites (N-methyl/N-ethyl adjacent to an activating group) is 1. The van der Waals surface area contributed by atoms with Crippen LogP contribution in [0.3, 0.4) is 0 Å². The van der Waals surface area contributed by atoms with Gasteiger partial charge in [-0.1, -0.05) is 42.5 Å². The Morgan fingerprint density at radius 3 is 2.61 bits per heavy atom. The molecule has 2 aromatic rings. The minimum Gasteiger partial charge on any atom is -0.457 e. The predicted octanol–water partition coefficient (Wildman–Crippen LogP) is 3.97. The molecule has 0 aromatic heterocycles. The molecule has 2 heterocycles. The number of rotatable bonds is 3. The van der Waals surface area contributed by atoms with Crippen molar-refractivity contribution in [2.75, 3.05) is 20.3 Å². The Bertz CT molecular complexity index is 711.